The molecule has 0 bridgehead atoms. The number of rotatable bonds is 2. The van der Waals surface area contributed by atoms with E-state index in [1.165, 1.54) is 19.3 Å². The van der Waals surface area contributed by atoms with Gasteiger partial charge in [-0.1, -0.05) is 19.9 Å². The van der Waals surface area contributed by atoms with Crippen LogP contribution in [0.3, 0.4) is 0 Å². The number of aliphatic hydroxyl groups is 1. The van der Waals surface area contributed by atoms with E-state index in [0.717, 1.165) is 30.2 Å². The molecule has 1 aliphatic rings. The zero-order valence-corrected chi connectivity index (χ0v) is 12.3. The zero-order valence-electron chi connectivity index (χ0n) is 12.3. The fourth-order valence-corrected chi connectivity index (χ4v) is 3.07. The van der Waals surface area contributed by atoms with Crippen LogP contribution in [0.4, 0.5) is 5.82 Å². The van der Waals surface area contributed by atoms with Gasteiger partial charge < -0.3 is 10.0 Å². The standard InChI is InChI=1S/C16H23N3O/c1-16(2)7-5-9-18(11-8-16)15-13(12-20)19-10-4-3-6-14(19)17-15/h3-4,6,10,20H,5,7-9,11-12H2,1-2H3. The first-order valence-electron chi connectivity index (χ1n) is 7.42. The van der Waals surface area contributed by atoms with Crippen LogP contribution in [0, 0.1) is 5.41 Å². The van der Waals surface area contributed by atoms with Gasteiger partial charge in [0.1, 0.15) is 5.65 Å². The van der Waals surface area contributed by atoms with E-state index >= 15 is 0 Å². The van der Waals surface area contributed by atoms with Crippen LogP contribution in [0.1, 0.15) is 38.8 Å². The second-order valence-electron chi connectivity index (χ2n) is 6.47. The number of imidazole rings is 1. The number of aliphatic hydroxyl groups excluding tert-OH is 1. The van der Waals surface area contributed by atoms with Gasteiger partial charge in [0, 0.05) is 19.3 Å². The minimum absolute atomic E-state index is 0.0282. The molecule has 108 valence electrons. The van der Waals surface area contributed by atoms with Crippen molar-refractivity contribution in [1.29, 1.82) is 0 Å². The second-order valence-corrected chi connectivity index (χ2v) is 6.47. The summed E-state index contributed by atoms with van der Waals surface area (Å²) in [4.78, 5) is 7.07. The Bertz CT molecular complexity index is 603. The summed E-state index contributed by atoms with van der Waals surface area (Å²) in [6.45, 7) is 6.75. The van der Waals surface area contributed by atoms with E-state index in [9.17, 15) is 5.11 Å². The van der Waals surface area contributed by atoms with Gasteiger partial charge in [0.25, 0.3) is 0 Å². The lowest BCUT2D eigenvalue weighted by Crippen LogP contribution is -2.26. The molecule has 1 N–H and O–H groups in total. The molecular formula is C16H23N3O. The molecule has 20 heavy (non-hydrogen) atoms. The van der Waals surface area contributed by atoms with Crippen molar-refractivity contribution in [2.45, 2.75) is 39.7 Å². The molecule has 1 fully saturated rings. The van der Waals surface area contributed by atoms with Gasteiger partial charge in [-0.25, -0.2) is 4.98 Å². The number of aromatic nitrogens is 2. The first-order valence-corrected chi connectivity index (χ1v) is 7.42. The third kappa shape index (κ3) is 2.40. The van der Waals surface area contributed by atoms with Crippen LogP contribution < -0.4 is 4.90 Å². The molecule has 3 rings (SSSR count). The Morgan fingerprint density at radius 2 is 2.10 bits per heavy atom. The van der Waals surface area contributed by atoms with Gasteiger partial charge in [0.2, 0.25) is 0 Å². The lowest BCUT2D eigenvalue weighted by atomic mass is 9.85. The molecule has 0 radical (unpaired) electrons. The smallest absolute Gasteiger partial charge is 0.153 e. The van der Waals surface area contributed by atoms with Crippen molar-refractivity contribution in [3.8, 4) is 0 Å². The van der Waals surface area contributed by atoms with Gasteiger partial charge in [-0.05, 0) is 36.8 Å². The Labute approximate surface area is 120 Å². The highest BCUT2D eigenvalue weighted by atomic mass is 16.3. The minimum Gasteiger partial charge on any atom is -0.390 e. The lowest BCUT2D eigenvalue weighted by Gasteiger charge is -2.24. The van der Waals surface area contributed by atoms with Crippen LogP contribution >= 0.6 is 0 Å². The molecule has 0 atom stereocenters. The summed E-state index contributed by atoms with van der Waals surface area (Å²) in [5, 5.41) is 9.72. The molecule has 0 aliphatic carbocycles. The normalized spacial score (nSPS) is 19.2. The van der Waals surface area contributed by atoms with Crippen molar-refractivity contribution in [3.05, 3.63) is 30.1 Å². The van der Waals surface area contributed by atoms with Crippen molar-refractivity contribution in [2.24, 2.45) is 5.41 Å². The molecule has 2 aromatic rings. The first-order chi connectivity index (χ1) is 9.61. The Morgan fingerprint density at radius 3 is 2.90 bits per heavy atom. The van der Waals surface area contributed by atoms with Crippen molar-refractivity contribution in [1.82, 2.24) is 9.38 Å². The third-order valence-corrected chi connectivity index (χ3v) is 4.40. The second kappa shape index (κ2) is 5.09. The zero-order chi connectivity index (χ0) is 14.2. The molecule has 3 heterocycles. The maximum Gasteiger partial charge on any atom is 0.153 e. The van der Waals surface area contributed by atoms with Crippen LogP contribution in [0.25, 0.3) is 5.65 Å². The van der Waals surface area contributed by atoms with E-state index in [1.807, 2.05) is 28.8 Å². The molecule has 4 nitrogen and oxygen atoms in total. The third-order valence-electron chi connectivity index (χ3n) is 4.40. The highest BCUT2D eigenvalue weighted by molar-refractivity contribution is 5.55. The molecule has 0 spiro atoms. The fraction of sp³-hybridized carbons (Fsp3) is 0.562. The molecule has 0 unspecified atom stereocenters. The molecule has 0 saturated carbocycles. The quantitative estimate of drug-likeness (QED) is 0.914. The first kappa shape index (κ1) is 13.4. The van der Waals surface area contributed by atoms with Gasteiger partial charge in [0.05, 0.1) is 12.3 Å². The SMILES string of the molecule is CC1(C)CCCN(c2nc3ccccn3c2CO)CC1. The van der Waals surface area contributed by atoms with Crippen LogP contribution in [0.5, 0.6) is 0 Å². The number of nitrogens with zero attached hydrogens (tertiary/aromatic N) is 3. The predicted octanol–water partition coefficient (Wildman–Crippen LogP) is 2.84. The number of hydrogen-bond donors (Lipinski definition) is 1. The van der Waals surface area contributed by atoms with Gasteiger partial charge in [-0.2, -0.15) is 0 Å². The summed E-state index contributed by atoms with van der Waals surface area (Å²) < 4.78 is 1.99. The van der Waals surface area contributed by atoms with E-state index in [2.05, 4.69) is 18.7 Å². The van der Waals surface area contributed by atoms with Gasteiger partial charge in [0.15, 0.2) is 5.82 Å². The summed E-state index contributed by atoms with van der Waals surface area (Å²) >= 11 is 0. The lowest BCUT2D eigenvalue weighted by molar-refractivity contribution is 0.276. The molecule has 1 saturated heterocycles. The average molecular weight is 273 g/mol. The van der Waals surface area contributed by atoms with Crippen molar-refractivity contribution >= 4 is 11.5 Å². The molecule has 4 heteroatoms. The Morgan fingerprint density at radius 1 is 1.25 bits per heavy atom. The van der Waals surface area contributed by atoms with Crippen LogP contribution in [-0.2, 0) is 6.61 Å². The molecular weight excluding hydrogens is 250 g/mol. The van der Waals surface area contributed by atoms with E-state index < -0.39 is 0 Å². The Balaban J connectivity index is 1.97. The fourth-order valence-electron chi connectivity index (χ4n) is 3.07. The monoisotopic (exact) mass is 273 g/mol. The predicted molar refractivity (Wildman–Crippen MR) is 81.0 cm³/mol. The molecule has 0 amide bonds. The summed E-state index contributed by atoms with van der Waals surface area (Å²) in [6, 6.07) is 5.95. The summed E-state index contributed by atoms with van der Waals surface area (Å²) in [5.41, 5.74) is 2.23. The molecule has 1 aliphatic heterocycles. The topological polar surface area (TPSA) is 40.8 Å². The van der Waals surface area contributed by atoms with E-state index in [-0.39, 0.29) is 6.61 Å². The Hall–Kier alpha value is -1.55. The van der Waals surface area contributed by atoms with Gasteiger partial charge in [-0.15, -0.1) is 0 Å². The summed E-state index contributed by atoms with van der Waals surface area (Å²) in [5.74, 6) is 0.955. The highest BCUT2D eigenvalue weighted by Gasteiger charge is 2.25. The maximum atomic E-state index is 9.72. The highest BCUT2D eigenvalue weighted by Crippen LogP contribution is 2.32. The average Bonchev–Trinajstić information content (AvgIpc) is 2.70. The van der Waals surface area contributed by atoms with E-state index in [1.54, 1.807) is 0 Å². The Kier molecular flexibility index (Phi) is 3.42. The van der Waals surface area contributed by atoms with Gasteiger partial charge >= 0.3 is 0 Å². The van der Waals surface area contributed by atoms with Crippen LogP contribution in [0.15, 0.2) is 24.4 Å². The number of anilines is 1. The number of hydrogen-bond acceptors (Lipinski definition) is 3. The number of fused-ring (bicyclic) bond motifs is 1. The molecule has 0 aromatic carbocycles. The van der Waals surface area contributed by atoms with Crippen molar-refractivity contribution in [3.63, 3.8) is 0 Å². The summed E-state index contributed by atoms with van der Waals surface area (Å²) in [6.07, 6.45) is 5.59. The maximum absolute atomic E-state index is 9.72. The van der Waals surface area contributed by atoms with Crippen molar-refractivity contribution in [2.75, 3.05) is 18.0 Å². The van der Waals surface area contributed by atoms with Crippen LogP contribution in [0.2, 0.25) is 0 Å². The largest absolute Gasteiger partial charge is 0.390 e. The van der Waals surface area contributed by atoms with Crippen LogP contribution in [-0.4, -0.2) is 27.6 Å². The minimum atomic E-state index is 0.0282. The summed E-state index contributed by atoms with van der Waals surface area (Å²) in [7, 11) is 0. The van der Waals surface area contributed by atoms with Gasteiger partial charge in [-0.3, -0.25) is 4.40 Å². The van der Waals surface area contributed by atoms with E-state index in [4.69, 9.17) is 4.98 Å². The molecule has 2 aromatic heterocycles. The van der Waals surface area contributed by atoms with E-state index in [0.29, 0.717) is 5.41 Å². The number of pyridine rings is 1. The van der Waals surface area contributed by atoms with Crippen molar-refractivity contribution < 1.29 is 5.11 Å².